The van der Waals surface area contributed by atoms with Crippen molar-refractivity contribution < 1.29 is 14.7 Å². The Balaban J connectivity index is 2.30. The smallest absolute Gasteiger partial charge is 0.325 e. The maximum Gasteiger partial charge on any atom is 0.325 e. The number of amides is 1. The predicted molar refractivity (Wildman–Crippen MR) is 76.8 cm³/mol. The van der Waals surface area contributed by atoms with E-state index in [1.54, 1.807) is 12.1 Å². The van der Waals surface area contributed by atoms with Crippen molar-refractivity contribution in [3.05, 3.63) is 34.9 Å². The first kappa shape index (κ1) is 14.9. The van der Waals surface area contributed by atoms with E-state index in [4.69, 9.17) is 16.7 Å². The Morgan fingerprint density at radius 2 is 2.00 bits per heavy atom. The molecule has 0 spiro atoms. The molecule has 1 aliphatic carbocycles. The lowest BCUT2D eigenvalue weighted by molar-refractivity contribution is -0.142. The Bertz CT molecular complexity index is 524. The van der Waals surface area contributed by atoms with Gasteiger partial charge in [0.15, 0.2) is 0 Å². The Morgan fingerprint density at radius 3 is 2.55 bits per heavy atom. The number of aliphatic carboxylic acids is 1. The zero-order chi connectivity index (χ0) is 14.8. The highest BCUT2D eigenvalue weighted by Gasteiger charge is 2.43. The molecule has 1 aromatic carbocycles. The van der Waals surface area contributed by atoms with Crippen molar-refractivity contribution in [1.82, 2.24) is 5.32 Å². The Hall–Kier alpha value is -1.55. The minimum absolute atomic E-state index is 0.216. The van der Waals surface area contributed by atoms with Crippen LogP contribution in [0.3, 0.4) is 0 Å². The molecule has 0 unspecified atom stereocenters. The molecule has 1 fully saturated rings. The van der Waals surface area contributed by atoms with Crippen LogP contribution < -0.4 is 5.32 Å². The van der Waals surface area contributed by atoms with Crippen molar-refractivity contribution in [2.75, 3.05) is 0 Å². The monoisotopic (exact) mass is 295 g/mol. The average molecular weight is 296 g/mol. The molecule has 2 N–H and O–H groups in total. The van der Waals surface area contributed by atoms with E-state index < -0.39 is 17.4 Å². The predicted octanol–water partition coefficient (Wildman–Crippen LogP) is 2.74. The highest BCUT2D eigenvalue weighted by molar-refractivity contribution is 6.30. The van der Waals surface area contributed by atoms with Gasteiger partial charge < -0.3 is 10.4 Å². The van der Waals surface area contributed by atoms with Crippen LogP contribution in [0.5, 0.6) is 0 Å². The van der Waals surface area contributed by atoms with Gasteiger partial charge in [0.25, 0.3) is 0 Å². The Kier molecular flexibility index (Phi) is 4.33. The first-order chi connectivity index (χ1) is 9.45. The van der Waals surface area contributed by atoms with Crippen LogP contribution in [0.4, 0.5) is 0 Å². The zero-order valence-corrected chi connectivity index (χ0v) is 12.1. The lowest BCUT2D eigenvalue weighted by Gasteiger charge is -2.29. The van der Waals surface area contributed by atoms with Crippen molar-refractivity contribution >= 4 is 23.5 Å². The number of carboxylic acid groups (broad SMARTS) is 1. The second-order valence-electron chi connectivity index (χ2n) is 5.33. The Morgan fingerprint density at radius 1 is 1.35 bits per heavy atom. The van der Waals surface area contributed by atoms with E-state index in [1.807, 2.05) is 12.1 Å². The van der Waals surface area contributed by atoms with E-state index in [1.165, 1.54) is 6.92 Å². The van der Waals surface area contributed by atoms with Gasteiger partial charge >= 0.3 is 5.97 Å². The number of carboxylic acids is 1. The summed E-state index contributed by atoms with van der Waals surface area (Å²) in [4.78, 5) is 23.5. The molecule has 0 bridgehead atoms. The van der Waals surface area contributed by atoms with Gasteiger partial charge in [-0.2, -0.15) is 0 Å². The largest absolute Gasteiger partial charge is 0.480 e. The standard InChI is InChI=1S/C15H18ClNO3/c1-10(13(18)19)17-14(20)15(7-2-3-8-15)11-5-4-6-12(16)9-11/h4-6,9-10H,2-3,7-8H2,1H3,(H,17,20)(H,18,19)/t10-/m0/s1. The molecular formula is C15H18ClNO3. The zero-order valence-electron chi connectivity index (χ0n) is 11.4. The third-order valence-corrected chi connectivity index (χ3v) is 4.22. The second kappa shape index (κ2) is 5.83. The molecule has 0 heterocycles. The van der Waals surface area contributed by atoms with Gasteiger partial charge in [-0.15, -0.1) is 0 Å². The van der Waals surface area contributed by atoms with E-state index in [0.29, 0.717) is 5.02 Å². The van der Waals surface area contributed by atoms with Gasteiger partial charge in [0, 0.05) is 5.02 Å². The first-order valence-electron chi connectivity index (χ1n) is 6.75. The summed E-state index contributed by atoms with van der Waals surface area (Å²) in [5, 5.41) is 12.1. The molecule has 0 saturated heterocycles. The average Bonchev–Trinajstić information content (AvgIpc) is 2.89. The number of rotatable bonds is 4. The summed E-state index contributed by atoms with van der Waals surface area (Å²) < 4.78 is 0. The minimum atomic E-state index is -1.03. The fourth-order valence-corrected chi connectivity index (χ4v) is 3.00. The second-order valence-corrected chi connectivity index (χ2v) is 5.77. The van der Waals surface area contributed by atoms with Gasteiger partial charge in [0.05, 0.1) is 5.41 Å². The molecule has 1 aromatic rings. The van der Waals surface area contributed by atoms with Crippen LogP contribution in [0.25, 0.3) is 0 Å². The normalized spacial score (nSPS) is 18.5. The quantitative estimate of drug-likeness (QED) is 0.897. The lowest BCUT2D eigenvalue weighted by atomic mass is 9.78. The topological polar surface area (TPSA) is 66.4 Å². The molecule has 2 rings (SSSR count). The van der Waals surface area contributed by atoms with Crippen LogP contribution >= 0.6 is 11.6 Å². The number of hydrogen-bond acceptors (Lipinski definition) is 2. The summed E-state index contributed by atoms with van der Waals surface area (Å²) in [5.74, 6) is -1.25. The van der Waals surface area contributed by atoms with Crippen molar-refractivity contribution in [2.24, 2.45) is 0 Å². The highest BCUT2D eigenvalue weighted by atomic mass is 35.5. The van der Waals surface area contributed by atoms with Gasteiger partial charge in [0.1, 0.15) is 6.04 Å². The lowest BCUT2D eigenvalue weighted by Crippen LogP contribution is -2.48. The van der Waals surface area contributed by atoms with Crippen LogP contribution in [-0.4, -0.2) is 23.0 Å². The number of carbonyl (C=O) groups is 2. The number of halogens is 1. The molecule has 20 heavy (non-hydrogen) atoms. The summed E-state index contributed by atoms with van der Waals surface area (Å²) in [6.45, 7) is 1.47. The number of carbonyl (C=O) groups excluding carboxylic acids is 1. The van der Waals surface area contributed by atoms with Crippen LogP contribution in [0.1, 0.15) is 38.2 Å². The molecule has 1 atom stereocenters. The first-order valence-corrected chi connectivity index (χ1v) is 7.13. The molecule has 4 nitrogen and oxygen atoms in total. The van der Waals surface area contributed by atoms with Gasteiger partial charge in [-0.25, -0.2) is 0 Å². The van der Waals surface area contributed by atoms with Crippen molar-refractivity contribution in [1.29, 1.82) is 0 Å². The van der Waals surface area contributed by atoms with Gasteiger partial charge in [-0.3, -0.25) is 9.59 Å². The summed E-state index contributed by atoms with van der Waals surface area (Å²) in [5.41, 5.74) is 0.229. The van der Waals surface area contributed by atoms with Crippen LogP contribution in [-0.2, 0) is 15.0 Å². The number of nitrogens with one attached hydrogen (secondary N) is 1. The van der Waals surface area contributed by atoms with E-state index in [0.717, 1.165) is 31.2 Å². The summed E-state index contributed by atoms with van der Waals surface area (Å²) >= 11 is 6.02. The molecule has 1 aliphatic rings. The molecule has 0 aliphatic heterocycles. The minimum Gasteiger partial charge on any atom is -0.480 e. The van der Waals surface area contributed by atoms with Crippen molar-refractivity contribution in [3.8, 4) is 0 Å². The van der Waals surface area contributed by atoms with E-state index in [2.05, 4.69) is 5.32 Å². The summed E-state index contributed by atoms with van der Waals surface area (Å²) in [7, 11) is 0. The maximum atomic E-state index is 12.6. The SMILES string of the molecule is C[C@H](NC(=O)C1(c2cccc(Cl)c2)CCCC1)C(=O)O. The molecule has 1 saturated carbocycles. The van der Waals surface area contributed by atoms with Gasteiger partial charge in [-0.05, 0) is 37.5 Å². The molecule has 0 aromatic heterocycles. The third-order valence-electron chi connectivity index (χ3n) is 3.99. The van der Waals surface area contributed by atoms with Crippen molar-refractivity contribution in [2.45, 2.75) is 44.1 Å². The van der Waals surface area contributed by atoms with Gasteiger partial charge in [0.2, 0.25) is 5.91 Å². The molecule has 108 valence electrons. The molecule has 0 radical (unpaired) electrons. The van der Waals surface area contributed by atoms with Gasteiger partial charge in [-0.1, -0.05) is 36.6 Å². The van der Waals surface area contributed by atoms with Crippen molar-refractivity contribution in [3.63, 3.8) is 0 Å². The molecular weight excluding hydrogens is 278 g/mol. The molecule has 1 amide bonds. The summed E-state index contributed by atoms with van der Waals surface area (Å²) in [6, 6.07) is 6.40. The van der Waals surface area contributed by atoms with E-state index in [-0.39, 0.29) is 5.91 Å². The fourth-order valence-electron chi connectivity index (χ4n) is 2.81. The van der Waals surface area contributed by atoms with Crippen LogP contribution in [0.2, 0.25) is 5.02 Å². The summed E-state index contributed by atoms with van der Waals surface area (Å²) in [6.07, 6.45) is 3.37. The van der Waals surface area contributed by atoms with E-state index >= 15 is 0 Å². The molecule has 5 heteroatoms. The van der Waals surface area contributed by atoms with E-state index in [9.17, 15) is 9.59 Å². The number of hydrogen-bond donors (Lipinski definition) is 2. The van der Waals surface area contributed by atoms with Crippen LogP contribution in [0.15, 0.2) is 24.3 Å². The fraction of sp³-hybridized carbons (Fsp3) is 0.467. The number of benzene rings is 1. The maximum absolute atomic E-state index is 12.6. The third kappa shape index (κ3) is 2.80. The van der Waals surface area contributed by atoms with Crippen LogP contribution in [0, 0.1) is 0 Å². The Labute approximate surface area is 123 Å². The highest BCUT2D eigenvalue weighted by Crippen LogP contribution is 2.42.